The minimum Gasteiger partial charge on any atom is -0.299 e. The van der Waals surface area contributed by atoms with Crippen LogP contribution in [-0.4, -0.2) is 5.78 Å². The Balaban J connectivity index is 1.52. The van der Waals surface area contributed by atoms with Gasteiger partial charge in [0.1, 0.15) is 5.78 Å². The maximum atomic E-state index is 12.6. The molecule has 1 fully saturated rings. The maximum Gasteiger partial charge on any atom is 0.141 e. The molecule has 1 saturated carbocycles. The Bertz CT molecular complexity index is 689. The summed E-state index contributed by atoms with van der Waals surface area (Å²) in [7, 11) is 0. The number of halogens is 1. The first-order valence-electron chi connectivity index (χ1n) is 7.59. The van der Waals surface area contributed by atoms with E-state index in [0.717, 1.165) is 17.0 Å². The number of ketones is 1. The lowest BCUT2D eigenvalue weighted by Crippen LogP contribution is -2.07. The van der Waals surface area contributed by atoms with E-state index in [0.29, 0.717) is 24.0 Å². The van der Waals surface area contributed by atoms with Crippen molar-refractivity contribution in [2.75, 3.05) is 0 Å². The van der Waals surface area contributed by atoms with Crippen LogP contribution in [0.1, 0.15) is 29.0 Å². The molecule has 3 atom stereocenters. The molecule has 0 bridgehead atoms. The molecule has 3 unspecified atom stereocenters. The van der Waals surface area contributed by atoms with Gasteiger partial charge in [-0.3, -0.25) is 4.79 Å². The van der Waals surface area contributed by atoms with Crippen molar-refractivity contribution in [1.82, 2.24) is 0 Å². The normalized spacial score (nSPS) is 25.9. The van der Waals surface area contributed by atoms with Crippen LogP contribution in [0.3, 0.4) is 0 Å². The highest BCUT2D eigenvalue weighted by Gasteiger charge is 2.56. The number of hydrogen-bond donors (Lipinski definition) is 0. The Hall–Kier alpha value is -1.60. The molecule has 2 aliphatic rings. The van der Waals surface area contributed by atoms with Gasteiger partial charge < -0.3 is 0 Å². The molecule has 2 aliphatic carbocycles. The van der Waals surface area contributed by atoms with Gasteiger partial charge in [-0.25, -0.2) is 0 Å². The molecule has 0 spiro atoms. The van der Waals surface area contributed by atoms with Crippen molar-refractivity contribution in [3.63, 3.8) is 0 Å². The van der Waals surface area contributed by atoms with E-state index in [1.807, 2.05) is 24.3 Å². The third-order valence-corrected chi connectivity index (χ3v) is 5.25. The van der Waals surface area contributed by atoms with Crippen molar-refractivity contribution in [3.05, 3.63) is 70.2 Å². The summed E-state index contributed by atoms with van der Waals surface area (Å²) in [5.74, 6) is 1.70. The summed E-state index contributed by atoms with van der Waals surface area (Å²) < 4.78 is 0. The first kappa shape index (κ1) is 13.1. The van der Waals surface area contributed by atoms with Gasteiger partial charge in [0, 0.05) is 17.4 Å². The largest absolute Gasteiger partial charge is 0.299 e. The number of aryl methyl sites for hydroxylation is 1. The number of rotatable bonds is 3. The summed E-state index contributed by atoms with van der Waals surface area (Å²) in [6.07, 6.45) is 2.83. The molecule has 1 nitrogen and oxygen atoms in total. The monoisotopic (exact) mass is 296 g/mol. The molecule has 2 aromatic carbocycles. The summed E-state index contributed by atoms with van der Waals surface area (Å²) >= 11 is 5.89. The minimum atomic E-state index is 0.240. The smallest absolute Gasteiger partial charge is 0.141 e. The van der Waals surface area contributed by atoms with Crippen molar-refractivity contribution in [2.45, 2.75) is 25.2 Å². The molecule has 106 valence electrons. The second-order valence-corrected chi connectivity index (χ2v) is 6.66. The molecule has 0 N–H and O–H groups in total. The lowest BCUT2D eigenvalue weighted by Gasteiger charge is -2.13. The van der Waals surface area contributed by atoms with Gasteiger partial charge in [0.05, 0.1) is 0 Å². The van der Waals surface area contributed by atoms with Crippen LogP contribution in [-0.2, 0) is 17.6 Å². The zero-order valence-corrected chi connectivity index (χ0v) is 12.5. The molecule has 0 radical (unpaired) electrons. The first-order chi connectivity index (χ1) is 10.2. The zero-order valence-electron chi connectivity index (χ0n) is 11.8. The van der Waals surface area contributed by atoms with Gasteiger partial charge in [0.15, 0.2) is 0 Å². The number of carbonyl (C=O) groups is 1. The number of Topliss-reactive ketones (excluding diaryl/α,β-unsaturated/α-hetero) is 1. The van der Waals surface area contributed by atoms with Crippen LogP contribution in [0.5, 0.6) is 0 Å². The van der Waals surface area contributed by atoms with E-state index in [2.05, 4.69) is 24.3 Å². The van der Waals surface area contributed by atoms with Crippen molar-refractivity contribution in [2.24, 2.45) is 11.8 Å². The lowest BCUT2D eigenvalue weighted by atomic mass is 9.92. The van der Waals surface area contributed by atoms with Gasteiger partial charge in [-0.15, -0.1) is 0 Å². The van der Waals surface area contributed by atoms with E-state index >= 15 is 0 Å². The van der Waals surface area contributed by atoms with E-state index in [-0.39, 0.29) is 5.92 Å². The average Bonchev–Trinajstić information content (AvgIpc) is 3.25. The fourth-order valence-electron chi connectivity index (χ4n) is 3.93. The van der Waals surface area contributed by atoms with E-state index in [1.165, 1.54) is 17.5 Å². The summed E-state index contributed by atoms with van der Waals surface area (Å²) in [5, 5.41) is 0.722. The highest BCUT2D eigenvalue weighted by atomic mass is 35.5. The number of carbonyl (C=O) groups excluding carboxylic acids is 1. The molecular formula is C19H17ClO. The quantitative estimate of drug-likeness (QED) is 0.819. The van der Waals surface area contributed by atoms with Gasteiger partial charge in [0.25, 0.3) is 0 Å². The van der Waals surface area contributed by atoms with Crippen LogP contribution in [0, 0.1) is 11.8 Å². The summed E-state index contributed by atoms with van der Waals surface area (Å²) in [6.45, 7) is 0. The highest BCUT2D eigenvalue weighted by Crippen LogP contribution is 2.60. The zero-order chi connectivity index (χ0) is 14.4. The fraction of sp³-hybridized carbons (Fsp3) is 0.316. The summed E-state index contributed by atoms with van der Waals surface area (Å²) in [6, 6.07) is 16.3. The Kier molecular flexibility index (Phi) is 3.11. The SMILES string of the molecule is O=C(Cc1ccc(Cl)cc1)C1C2CCc3ccccc3C21. The maximum absolute atomic E-state index is 12.6. The molecule has 2 heteroatoms. The number of fused-ring (bicyclic) bond motifs is 3. The average molecular weight is 297 g/mol. The standard InChI is InChI=1S/C19H17ClO/c20-14-8-5-12(6-9-14)11-17(21)19-16-10-7-13-3-1-2-4-15(13)18(16)19/h1-6,8-9,16,18-19H,7,10-11H2. The number of hydrogen-bond acceptors (Lipinski definition) is 1. The van der Waals surface area contributed by atoms with Gasteiger partial charge in [-0.1, -0.05) is 48.0 Å². The first-order valence-corrected chi connectivity index (χ1v) is 7.97. The Morgan fingerprint density at radius 2 is 1.86 bits per heavy atom. The molecule has 2 aromatic rings. The third kappa shape index (κ3) is 2.30. The van der Waals surface area contributed by atoms with Crippen LogP contribution in [0.2, 0.25) is 5.02 Å². The highest BCUT2D eigenvalue weighted by molar-refractivity contribution is 6.30. The molecule has 0 aliphatic heterocycles. The second-order valence-electron chi connectivity index (χ2n) is 6.22. The summed E-state index contributed by atoms with van der Waals surface area (Å²) in [4.78, 5) is 12.6. The number of benzene rings is 2. The molecule has 0 heterocycles. The molecule has 4 rings (SSSR count). The van der Waals surface area contributed by atoms with Crippen molar-refractivity contribution in [3.8, 4) is 0 Å². The van der Waals surface area contributed by atoms with E-state index in [4.69, 9.17) is 11.6 Å². The topological polar surface area (TPSA) is 17.1 Å². The van der Waals surface area contributed by atoms with Crippen LogP contribution < -0.4 is 0 Å². The van der Waals surface area contributed by atoms with E-state index in [9.17, 15) is 4.79 Å². The van der Waals surface area contributed by atoms with Crippen LogP contribution in [0.4, 0.5) is 0 Å². The van der Waals surface area contributed by atoms with Gasteiger partial charge in [0.2, 0.25) is 0 Å². The van der Waals surface area contributed by atoms with Crippen LogP contribution >= 0.6 is 11.6 Å². The predicted octanol–water partition coefficient (Wildman–Crippen LogP) is 4.43. The molecule has 0 saturated heterocycles. The Labute approximate surface area is 129 Å². The van der Waals surface area contributed by atoms with Crippen LogP contribution in [0.25, 0.3) is 0 Å². The van der Waals surface area contributed by atoms with Gasteiger partial charge >= 0.3 is 0 Å². The summed E-state index contributed by atoms with van der Waals surface area (Å²) in [5.41, 5.74) is 3.94. The Morgan fingerprint density at radius 1 is 1.10 bits per heavy atom. The van der Waals surface area contributed by atoms with E-state index in [1.54, 1.807) is 0 Å². The van der Waals surface area contributed by atoms with Gasteiger partial charge in [-0.2, -0.15) is 0 Å². The minimum absolute atomic E-state index is 0.240. The molecular weight excluding hydrogens is 280 g/mol. The van der Waals surface area contributed by atoms with E-state index < -0.39 is 0 Å². The van der Waals surface area contributed by atoms with Crippen molar-refractivity contribution >= 4 is 17.4 Å². The third-order valence-electron chi connectivity index (χ3n) is 4.99. The van der Waals surface area contributed by atoms with Crippen molar-refractivity contribution < 1.29 is 4.79 Å². The lowest BCUT2D eigenvalue weighted by molar-refractivity contribution is -0.120. The van der Waals surface area contributed by atoms with Crippen LogP contribution in [0.15, 0.2) is 48.5 Å². The van der Waals surface area contributed by atoms with Gasteiger partial charge in [-0.05, 0) is 53.5 Å². The molecule has 21 heavy (non-hydrogen) atoms. The fourth-order valence-corrected chi connectivity index (χ4v) is 4.05. The van der Waals surface area contributed by atoms with Crippen molar-refractivity contribution in [1.29, 1.82) is 0 Å². The second kappa shape index (κ2) is 4.99. The molecule has 0 aromatic heterocycles. The predicted molar refractivity (Wildman–Crippen MR) is 84.6 cm³/mol. The molecule has 0 amide bonds. The Morgan fingerprint density at radius 3 is 2.67 bits per heavy atom.